The van der Waals surface area contributed by atoms with Crippen molar-refractivity contribution in [3.63, 3.8) is 0 Å². The van der Waals surface area contributed by atoms with Crippen LogP contribution in [-0.4, -0.2) is 68.5 Å². The van der Waals surface area contributed by atoms with Gasteiger partial charge in [0, 0.05) is 25.2 Å². The van der Waals surface area contributed by atoms with E-state index >= 15 is 0 Å². The van der Waals surface area contributed by atoms with Gasteiger partial charge >= 0.3 is 0 Å². The Morgan fingerprint density at radius 2 is 2.00 bits per heavy atom. The third-order valence-electron chi connectivity index (χ3n) is 5.85. The number of rotatable bonds is 8. The molecule has 0 aromatic heterocycles. The Balaban J connectivity index is 1.64. The van der Waals surface area contributed by atoms with Crippen LogP contribution in [0.3, 0.4) is 0 Å². The molecule has 0 unspecified atom stereocenters. The molecule has 1 N–H and O–H groups in total. The molecule has 1 saturated carbocycles. The zero-order valence-corrected chi connectivity index (χ0v) is 16.5. The van der Waals surface area contributed by atoms with Crippen LogP contribution in [0.25, 0.3) is 0 Å². The minimum atomic E-state index is -0.492. The fourth-order valence-corrected chi connectivity index (χ4v) is 4.54. The summed E-state index contributed by atoms with van der Waals surface area (Å²) in [5, 5.41) is 10.1. The number of aliphatic hydroxyl groups is 1. The first-order valence-electron chi connectivity index (χ1n) is 9.85. The van der Waals surface area contributed by atoms with E-state index in [4.69, 9.17) is 9.47 Å². The summed E-state index contributed by atoms with van der Waals surface area (Å²) in [6, 6.07) is 5.98. The molecule has 2 aliphatic rings. The summed E-state index contributed by atoms with van der Waals surface area (Å²) in [5.41, 5.74) is 1.72. The van der Waals surface area contributed by atoms with Gasteiger partial charge in [0.05, 0.1) is 7.11 Å². The predicted molar refractivity (Wildman–Crippen MR) is 104 cm³/mol. The average molecular weight is 363 g/mol. The number of likely N-dealkylation sites (N-methyl/N-ethyl adjacent to an activating group) is 1. The Hall–Kier alpha value is -1.30. The van der Waals surface area contributed by atoms with Gasteiger partial charge in [0.1, 0.15) is 24.2 Å². The molecule has 1 saturated heterocycles. The number of hydrogen-bond acceptors (Lipinski definition) is 5. The first-order chi connectivity index (χ1) is 12.5. The van der Waals surface area contributed by atoms with Crippen molar-refractivity contribution in [2.45, 2.75) is 44.8 Å². The number of hydrogen-bond donors (Lipinski definition) is 1. The molecule has 1 heterocycles. The summed E-state index contributed by atoms with van der Waals surface area (Å²) in [4.78, 5) is 4.53. The lowest BCUT2D eigenvalue weighted by Crippen LogP contribution is -2.31. The lowest BCUT2D eigenvalue weighted by molar-refractivity contribution is 0.0823. The van der Waals surface area contributed by atoms with Crippen molar-refractivity contribution in [2.75, 3.05) is 47.4 Å². The Morgan fingerprint density at radius 1 is 1.23 bits per heavy atom. The molecule has 1 atom stereocenters. The smallest absolute Gasteiger partial charge is 0.124 e. The quantitative estimate of drug-likeness (QED) is 0.770. The number of benzene rings is 1. The van der Waals surface area contributed by atoms with Crippen LogP contribution in [0.15, 0.2) is 18.2 Å². The normalized spacial score (nSPS) is 20.8. The van der Waals surface area contributed by atoms with Crippen molar-refractivity contribution in [1.82, 2.24) is 9.80 Å². The summed E-state index contributed by atoms with van der Waals surface area (Å²) in [6.07, 6.45) is 6.41. The Morgan fingerprint density at radius 3 is 2.69 bits per heavy atom. The van der Waals surface area contributed by atoms with Crippen molar-refractivity contribution in [2.24, 2.45) is 5.41 Å². The highest BCUT2D eigenvalue weighted by Crippen LogP contribution is 2.45. The SMILES string of the molecule is COc1ccc(OC[C@H](O)CN(C)C)c(CN2CCC3(CCCC3)C2)c1. The predicted octanol–water partition coefficient (Wildman–Crippen LogP) is 2.76. The van der Waals surface area contributed by atoms with Crippen LogP contribution in [0.4, 0.5) is 0 Å². The fraction of sp³-hybridized carbons (Fsp3) is 0.714. The van der Waals surface area contributed by atoms with Crippen molar-refractivity contribution >= 4 is 0 Å². The average Bonchev–Trinajstić information content (AvgIpc) is 3.23. The van der Waals surface area contributed by atoms with E-state index in [1.54, 1.807) is 7.11 Å². The summed E-state index contributed by atoms with van der Waals surface area (Å²) in [5.74, 6) is 1.71. The maximum Gasteiger partial charge on any atom is 0.124 e. The third kappa shape index (κ3) is 4.90. The largest absolute Gasteiger partial charge is 0.497 e. The van der Waals surface area contributed by atoms with E-state index in [1.165, 1.54) is 45.2 Å². The second-order valence-electron chi connectivity index (χ2n) is 8.37. The van der Waals surface area contributed by atoms with E-state index in [2.05, 4.69) is 11.0 Å². The van der Waals surface area contributed by atoms with Gasteiger partial charge in [0.25, 0.3) is 0 Å². The zero-order valence-electron chi connectivity index (χ0n) is 16.5. The summed E-state index contributed by atoms with van der Waals surface area (Å²) in [6.45, 7) is 4.16. The van der Waals surface area contributed by atoms with Crippen LogP contribution in [0.5, 0.6) is 11.5 Å². The minimum absolute atomic E-state index is 0.307. The lowest BCUT2D eigenvalue weighted by Gasteiger charge is -2.24. The molecular weight excluding hydrogens is 328 g/mol. The van der Waals surface area contributed by atoms with Crippen LogP contribution in [0.1, 0.15) is 37.7 Å². The first-order valence-corrected chi connectivity index (χ1v) is 9.85. The number of aliphatic hydroxyl groups excluding tert-OH is 1. The highest BCUT2D eigenvalue weighted by atomic mass is 16.5. The first kappa shape index (κ1) is 19.5. The Bertz CT molecular complexity index is 585. The molecular formula is C21H34N2O3. The van der Waals surface area contributed by atoms with Crippen LogP contribution in [-0.2, 0) is 6.54 Å². The van der Waals surface area contributed by atoms with Gasteiger partial charge in [0.2, 0.25) is 0 Å². The third-order valence-corrected chi connectivity index (χ3v) is 5.85. The standard InChI is InChI=1S/C21H34N2O3/c1-22(2)14-18(24)15-26-20-7-6-19(25-3)12-17(20)13-23-11-10-21(16-23)8-4-5-9-21/h6-7,12,18,24H,4-5,8-11,13-16H2,1-3H3/t18-/m1/s1. The fourth-order valence-electron chi connectivity index (χ4n) is 4.54. The Kier molecular flexibility index (Phi) is 6.43. The number of likely N-dealkylation sites (tertiary alicyclic amines) is 1. The molecule has 1 aliphatic carbocycles. The van der Waals surface area contributed by atoms with Crippen LogP contribution in [0, 0.1) is 5.41 Å². The molecule has 1 aromatic rings. The summed E-state index contributed by atoms with van der Waals surface area (Å²) < 4.78 is 11.4. The minimum Gasteiger partial charge on any atom is -0.497 e. The highest BCUT2D eigenvalue weighted by molar-refractivity contribution is 5.40. The van der Waals surface area contributed by atoms with Crippen LogP contribution < -0.4 is 9.47 Å². The molecule has 5 nitrogen and oxygen atoms in total. The molecule has 0 bridgehead atoms. The molecule has 0 radical (unpaired) electrons. The van der Waals surface area contributed by atoms with E-state index in [0.717, 1.165) is 23.6 Å². The summed E-state index contributed by atoms with van der Waals surface area (Å²) >= 11 is 0. The molecule has 26 heavy (non-hydrogen) atoms. The second kappa shape index (κ2) is 8.59. The topological polar surface area (TPSA) is 45.2 Å². The van der Waals surface area contributed by atoms with E-state index in [0.29, 0.717) is 18.6 Å². The molecule has 5 heteroatoms. The van der Waals surface area contributed by atoms with Gasteiger partial charge in [0.15, 0.2) is 0 Å². The molecule has 1 spiro atoms. The second-order valence-corrected chi connectivity index (χ2v) is 8.37. The van der Waals surface area contributed by atoms with Gasteiger partial charge in [-0.1, -0.05) is 12.8 Å². The number of ether oxygens (including phenoxy) is 2. The van der Waals surface area contributed by atoms with E-state index in [9.17, 15) is 5.11 Å². The van der Waals surface area contributed by atoms with Gasteiger partial charge < -0.3 is 19.5 Å². The lowest BCUT2D eigenvalue weighted by atomic mass is 9.86. The van der Waals surface area contributed by atoms with Crippen molar-refractivity contribution in [3.05, 3.63) is 23.8 Å². The van der Waals surface area contributed by atoms with Gasteiger partial charge in [-0.15, -0.1) is 0 Å². The summed E-state index contributed by atoms with van der Waals surface area (Å²) in [7, 11) is 5.60. The van der Waals surface area contributed by atoms with Crippen LogP contribution >= 0.6 is 0 Å². The number of nitrogens with zero attached hydrogens (tertiary/aromatic N) is 2. The van der Waals surface area contributed by atoms with Crippen molar-refractivity contribution < 1.29 is 14.6 Å². The highest BCUT2D eigenvalue weighted by Gasteiger charge is 2.40. The van der Waals surface area contributed by atoms with Gasteiger partial charge in [-0.2, -0.15) is 0 Å². The van der Waals surface area contributed by atoms with E-state index in [1.807, 2.05) is 31.1 Å². The van der Waals surface area contributed by atoms with Crippen LogP contribution in [0.2, 0.25) is 0 Å². The van der Waals surface area contributed by atoms with Gasteiger partial charge in [-0.05, 0) is 63.5 Å². The molecule has 1 aliphatic heterocycles. The van der Waals surface area contributed by atoms with Crippen molar-refractivity contribution in [1.29, 1.82) is 0 Å². The maximum absolute atomic E-state index is 10.1. The zero-order chi connectivity index (χ0) is 18.6. The molecule has 146 valence electrons. The molecule has 0 amide bonds. The van der Waals surface area contributed by atoms with Crippen molar-refractivity contribution in [3.8, 4) is 11.5 Å². The number of methoxy groups -OCH3 is 1. The van der Waals surface area contributed by atoms with Gasteiger partial charge in [-0.25, -0.2) is 0 Å². The Labute approximate surface area is 157 Å². The molecule has 3 rings (SSSR count). The van der Waals surface area contributed by atoms with E-state index in [-0.39, 0.29) is 0 Å². The molecule has 2 fully saturated rings. The van der Waals surface area contributed by atoms with E-state index < -0.39 is 6.10 Å². The molecule has 1 aromatic carbocycles. The van der Waals surface area contributed by atoms with Gasteiger partial charge in [-0.3, -0.25) is 4.90 Å². The maximum atomic E-state index is 10.1. The monoisotopic (exact) mass is 362 g/mol.